The van der Waals surface area contributed by atoms with Gasteiger partial charge in [-0.1, -0.05) is 6.07 Å². The lowest BCUT2D eigenvalue weighted by molar-refractivity contribution is -0.385. The van der Waals surface area contributed by atoms with Crippen molar-refractivity contribution in [3.63, 3.8) is 0 Å². The number of benzene rings is 1. The van der Waals surface area contributed by atoms with Crippen molar-refractivity contribution in [1.82, 2.24) is 10.3 Å². The second kappa shape index (κ2) is 6.15. The number of rotatable bonds is 4. The molecule has 0 aliphatic carbocycles. The third kappa shape index (κ3) is 2.98. The molecule has 0 spiro atoms. The van der Waals surface area contributed by atoms with E-state index in [1.54, 1.807) is 17.9 Å². The van der Waals surface area contributed by atoms with Crippen LogP contribution in [0.5, 0.6) is 0 Å². The predicted octanol–water partition coefficient (Wildman–Crippen LogP) is 2.96. The number of nitrogens with one attached hydrogen (secondary N) is 2. The molecule has 1 saturated heterocycles. The molecule has 1 aromatic carbocycles. The smallest absolute Gasteiger partial charge is 0.322 e. The normalized spacial score (nSPS) is 16.8. The minimum atomic E-state index is -0.458. The number of carbonyl (C=O) groups excluding carboxylic acids is 1. The zero-order valence-electron chi connectivity index (χ0n) is 13.3. The highest BCUT2D eigenvalue weighted by atomic mass is 16.6. The van der Waals surface area contributed by atoms with Gasteiger partial charge in [-0.15, -0.1) is 0 Å². The summed E-state index contributed by atoms with van der Waals surface area (Å²) in [5.74, 6) is 0.508. The lowest BCUT2D eigenvalue weighted by atomic mass is 10.2. The Morgan fingerprint density at radius 3 is 2.79 bits per heavy atom. The molecule has 0 saturated carbocycles. The lowest BCUT2D eigenvalue weighted by Crippen LogP contribution is -2.32. The summed E-state index contributed by atoms with van der Waals surface area (Å²) in [7, 11) is 0. The number of aryl methyl sites for hydroxylation is 1. The second-order valence-electron chi connectivity index (χ2n) is 5.64. The van der Waals surface area contributed by atoms with E-state index < -0.39 is 4.92 Å². The summed E-state index contributed by atoms with van der Waals surface area (Å²) >= 11 is 0. The summed E-state index contributed by atoms with van der Waals surface area (Å²) in [5, 5.41) is 16.8. The lowest BCUT2D eigenvalue weighted by Gasteiger charge is -2.20. The number of nitrogens with zero attached hydrogens (tertiary/aromatic N) is 3. The Kier molecular flexibility index (Phi) is 4.03. The van der Waals surface area contributed by atoms with E-state index in [1.165, 1.54) is 6.07 Å². The molecule has 3 rings (SSSR count). The van der Waals surface area contributed by atoms with Crippen LogP contribution < -0.4 is 15.5 Å². The average molecular weight is 327 g/mol. The van der Waals surface area contributed by atoms with E-state index in [0.29, 0.717) is 18.1 Å². The van der Waals surface area contributed by atoms with Crippen molar-refractivity contribution in [3.05, 3.63) is 52.2 Å². The number of hydrogen-bond acceptors (Lipinski definition) is 5. The van der Waals surface area contributed by atoms with Crippen LogP contribution >= 0.6 is 0 Å². The van der Waals surface area contributed by atoms with Gasteiger partial charge in [0, 0.05) is 24.0 Å². The molecule has 1 aliphatic heterocycles. The summed E-state index contributed by atoms with van der Waals surface area (Å²) in [5.41, 5.74) is 1.85. The van der Waals surface area contributed by atoms with Crippen LogP contribution in [-0.4, -0.2) is 28.5 Å². The molecule has 2 N–H and O–H groups in total. The topological polar surface area (TPSA) is 100 Å². The molecule has 1 fully saturated rings. The summed E-state index contributed by atoms with van der Waals surface area (Å²) in [4.78, 5) is 28.2. The fraction of sp³-hybridized carbons (Fsp3) is 0.250. The molecule has 2 aromatic rings. The van der Waals surface area contributed by atoms with E-state index >= 15 is 0 Å². The highest BCUT2D eigenvalue weighted by Gasteiger charge is 2.28. The largest absolute Gasteiger partial charge is 0.340 e. The number of urea groups is 1. The summed E-state index contributed by atoms with van der Waals surface area (Å²) < 4.78 is 0. The third-order valence-electron chi connectivity index (χ3n) is 3.86. The van der Waals surface area contributed by atoms with Gasteiger partial charge in [-0.2, -0.15) is 0 Å². The minimum Gasteiger partial charge on any atom is -0.340 e. The fourth-order valence-electron chi connectivity index (χ4n) is 2.68. The summed E-state index contributed by atoms with van der Waals surface area (Å²) in [6.45, 7) is 4.18. The average Bonchev–Trinajstić information content (AvgIpc) is 2.86. The first-order chi connectivity index (χ1) is 11.5. The molecule has 124 valence electrons. The maximum Gasteiger partial charge on any atom is 0.322 e. The minimum absolute atomic E-state index is 0.0168. The van der Waals surface area contributed by atoms with Crippen molar-refractivity contribution >= 4 is 28.9 Å². The number of pyridine rings is 1. The van der Waals surface area contributed by atoms with Crippen molar-refractivity contribution in [2.45, 2.75) is 19.9 Å². The number of amides is 2. The molecule has 1 aliphatic rings. The van der Waals surface area contributed by atoms with Crippen molar-refractivity contribution in [2.75, 3.05) is 16.8 Å². The van der Waals surface area contributed by atoms with Crippen molar-refractivity contribution in [2.24, 2.45) is 0 Å². The molecular weight excluding hydrogens is 310 g/mol. The van der Waals surface area contributed by atoms with Crippen LogP contribution in [0.2, 0.25) is 0 Å². The van der Waals surface area contributed by atoms with E-state index in [-0.39, 0.29) is 17.8 Å². The SMILES string of the molecule is Cc1nc(Nc2cccc(N3C(=O)NCC3C)c2)ccc1[N+](=O)[O-]. The van der Waals surface area contributed by atoms with Crippen LogP contribution in [0.1, 0.15) is 12.6 Å². The van der Waals surface area contributed by atoms with Gasteiger partial charge >= 0.3 is 6.03 Å². The van der Waals surface area contributed by atoms with Crippen molar-refractivity contribution in [1.29, 1.82) is 0 Å². The van der Waals surface area contributed by atoms with E-state index in [1.807, 2.05) is 31.2 Å². The van der Waals surface area contributed by atoms with Gasteiger partial charge in [-0.3, -0.25) is 15.0 Å². The molecular formula is C16H17N5O3. The molecule has 8 nitrogen and oxygen atoms in total. The maximum atomic E-state index is 11.9. The number of anilines is 3. The third-order valence-corrected chi connectivity index (χ3v) is 3.86. The van der Waals surface area contributed by atoms with E-state index in [2.05, 4.69) is 15.6 Å². The van der Waals surface area contributed by atoms with E-state index in [9.17, 15) is 14.9 Å². The van der Waals surface area contributed by atoms with Crippen LogP contribution in [0, 0.1) is 17.0 Å². The quantitative estimate of drug-likeness (QED) is 0.664. The van der Waals surface area contributed by atoms with Gasteiger partial charge in [0.2, 0.25) is 0 Å². The molecule has 0 radical (unpaired) electrons. The van der Waals surface area contributed by atoms with Gasteiger partial charge in [-0.05, 0) is 38.1 Å². The second-order valence-corrected chi connectivity index (χ2v) is 5.64. The molecule has 8 heteroatoms. The molecule has 24 heavy (non-hydrogen) atoms. The zero-order chi connectivity index (χ0) is 17.3. The monoisotopic (exact) mass is 327 g/mol. The Bertz CT molecular complexity index is 808. The fourth-order valence-corrected chi connectivity index (χ4v) is 2.68. The van der Waals surface area contributed by atoms with Gasteiger partial charge in [0.1, 0.15) is 11.5 Å². The molecule has 1 aromatic heterocycles. The molecule has 1 atom stereocenters. The molecule has 2 heterocycles. The van der Waals surface area contributed by atoms with Crippen LogP contribution in [0.4, 0.5) is 27.7 Å². The summed E-state index contributed by atoms with van der Waals surface area (Å²) in [6, 6.07) is 10.3. The van der Waals surface area contributed by atoms with E-state index in [4.69, 9.17) is 0 Å². The van der Waals surface area contributed by atoms with Gasteiger partial charge in [0.25, 0.3) is 5.69 Å². The number of carbonyl (C=O) groups is 1. The first kappa shape index (κ1) is 15.7. The van der Waals surface area contributed by atoms with Crippen LogP contribution in [-0.2, 0) is 0 Å². The Labute approximate surface area is 138 Å². The first-order valence-corrected chi connectivity index (χ1v) is 7.52. The standard InChI is InChI=1S/C16H17N5O3/c1-10-9-17-16(22)20(10)13-5-3-4-12(8-13)19-15-7-6-14(21(23)24)11(2)18-15/h3-8,10H,9H2,1-2H3,(H,17,22)(H,18,19). The number of hydrogen-bond donors (Lipinski definition) is 2. The maximum absolute atomic E-state index is 11.9. The number of aromatic nitrogens is 1. The van der Waals surface area contributed by atoms with Gasteiger partial charge < -0.3 is 10.6 Å². The van der Waals surface area contributed by atoms with Crippen LogP contribution in [0.15, 0.2) is 36.4 Å². The van der Waals surface area contributed by atoms with Crippen LogP contribution in [0.3, 0.4) is 0 Å². The Morgan fingerprint density at radius 2 is 2.17 bits per heavy atom. The predicted molar refractivity (Wildman–Crippen MR) is 90.7 cm³/mol. The van der Waals surface area contributed by atoms with Gasteiger partial charge in [0.15, 0.2) is 0 Å². The number of nitro groups is 1. The Balaban J connectivity index is 1.84. The van der Waals surface area contributed by atoms with E-state index in [0.717, 1.165) is 11.4 Å². The zero-order valence-corrected chi connectivity index (χ0v) is 13.3. The van der Waals surface area contributed by atoms with Gasteiger partial charge in [-0.25, -0.2) is 9.78 Å². The highest BCUT2D eigenvalue weighted by Crippen LogP contribution is 2.26. The highest BCUT2D eigenvalue weighted by molar-refractivity contribution is 5.95. The molecule has 0 bridgehead atoms. The van der Waals surface area contributed by atoms with Crippen LogP contribution in [0.25, 0.3) is 0 Å². The van der Waals surface area contributed by atoms with Gasteiger partial charge in [0.05, 0.1) is 11.0 Å². The Hall–Kier alpha value is -3.16. The Morgan fingerprint density at radius 1 is 1.38 bits per heavy atom. The molecule has 2 amide bonds. The summed E-state index contributed by atoms with van der Waals surface area (Å²) in [6.07, 6.45) is 0. The first-order valence-electron chi connectivity index (χ1n) is 7.52. The van der Waals surface area contributed by atoms with Crippen molar-refractivity contribution < 1.29 is 9.72 Å². The van der Waals surface area contributed by atoms with Crippen molar-refractivity contribution in [3.8, 4) is 0 Å². The molecule has 1 unspecified atom stereocenters.